The molecule has 1 rings (SSSR count). The molecule has 1 heterocycles. The maximum Gasteiger partial charge on any atom is 0.0945 e. The third kappa shape index (κ3) is 4.68. The number of unbranched alkanes of at least 4 members (excludes halogenated alkanes) is 1. The van der Waals surface area contributed by atoms with Crippen molar-refractivity contribution in [3.05, 3.63) is 18.7 Å². The summed E-state index contributed by atoms with van der Waals surface area (Å²) in [7, 11) is 0. The van der Waals surface area contributed by atoms with E-state index in [9.17, 15) is 0 Å². The molecule has 0 radical (unpaired) electrons. The monoisotopic (exact) mass is 191 g/mol. The van der Waals surface area contributed by atoms with E-state index in [0.717, 1.165) is 26.1 Å². The molecule has 1 aromatic rings. The van der Waals surface area contributed by atoms with E-state index < -0.39 is 0 Å². The lowest BCUT2D eigenvalue weighted by atomic mass is 10.3. The van der Waals surface area contributed by atoms with Crippen LogP contribution in [0, 0.1) is 12.3 Å². The maximum absolute atomic E-state index is 5.13. The van der Waals surface area contributed by atoms with E-state index in [1.54, 1.807) is 0 Å². The van der Waals surface area contributed by atoms with Gasteiger partial charge in [-0.2, -0.15) is 0 Å². The lowest BCUT2D eigenvalue weighted by molar-refractivity contribution is 0.572. The van der Waals surface area contributed by atoms with Crippen molar-refractivity contribution in [1.29, 1.82) is 0 Å². The number of aryl methyl sites for hydroxylation is 1. The summed E-state index contributed by atoms with van der Waals surface area (Å²) in [4.78, 5) is 3.99. The third-order valence-electron chi connectivity index (χ3n) is 2.03. The summed E-state index contributed by atoms with van der Waals surface area (Å²) in [6, 6.07) is 0. The molecule has 0 aromatic carbocycles. The van der Waals surface area contributed by atoms with Crippen LogP contribution in [-0.4, -0.2) is 22.6 Å². The number of aromatic nitrogens is 2. The van der Waals surface area contributed by atoms with Gasteiger partial charge in [-0.3, -0.25) is 0 Å². The van der Waals surface area contributed by atoms with Crippen LogP contribution in [0.1, 0.15) is 19.3 Å². The number of nitrogens with zero attached hydrogens (tertiary/aromatic N) is 2. The second kappa shape index (κ2) is 7.16. The van der Waals surface area contributed by atoms with Gasteiger partial charge in [0.05, 0.1) is 6.33 Å². The van der Waals surface area contributed by atoms with Crippen LogP contribution in [0.25, 0.3) is 0 Å². The molecule has 76 valence electrons. The Morgan fingerprint density at radius 1 is 1.36 bits per heavy atom. The van der Waals surface area contributed by atoms with Crippen molar-refractivity contribution in [1.82, 2.24) is 14.9 Å². The van der Waals surface area contributed by atoms with Gasteiger partial charge in [-0.25, -0.2) is 4.98 Å². The first-order chi connectivity index (χ1) is 6.93. The molecule has 0 spiro atoms. The highest BCUT2D eigenvalue weighted by atomic mass is 15.0. The molecule has 0 aliphatic heterocycles. The lowest BCUT2D eigenvalue weighted by Gasteiger charge is -2.03. The van der Waals surface area contributed by atoms with Crippen molar-refractivity contribution in [2.24, 2.45) is 0 Å². The standard InChI is InChI=1S/C11H17N3/c1-2-3-6-12-7-4-5-9-14-10-8-13-11-14/h1,8,10-12H,3-7,9H2. The number of hydrogen-bond donors (Lipinski definition) is 1. The van der Waals surface area contributed by atoms with Gasteiger partial charge in [0.2, 0.25) is 0 Å². The van der Waals surface area contributed by atoms with Crippen LogP contribution in [-0.2, 0) is 6.54 Å². The average Bonchev–Trinajstić information content (AvgIpc) is 2.69. The van der Waals surface area contributed by atoms with Crippen LogP contribution in [0.5, 0.6) is 0 Å². The normalized spacial score (nSPS) is 9.93. The minimum atomic E-state index is 0.821. The second-order valence-electron chi connectivity index (χ2n) is 3.21. The van der Waals surface area contributed by atoms with E-state index in [1.807, 2.05) is 18.7 Å². The first kappa shape index (κ1) is 10.8. The van der Waals surface area contributed by atoms with E-state index in [-0.39, 0.29) is 0 Å². The van der Waals surface area contributed by atoms with Crippen LogP contribution in [0.4, 0.5) is 0 Å². The summed E-state index contributed by atoms with van der Waals surface area (Å²) in [5, 5.41) is 3.30. The van der Waals surface area contributed by atoms with Gasteiger partial charge in [-0.15, -0.1) is 12.3 Å². The van der Waals surface area contributed by atoms with Crippen molar-refractivity contribution < 1.29 is 0 Å². The fourth-order valence-corrected chi connectivity index (χ4v) is 1.25. The number of nitrogens with one attached hydrogen (secondary N) is 1. The lowest BCUT2D eigenvalue weighted by Crippen LogP contribution is -2.16. The summed E-state index contributed by atoms with van der Waals surface area (Å²) < 4.78 is 2.10. The van der Waals surface area contributed by atoms with E-state index >= 15 is 0 Å². The predicted molar refractivity (Wildman–Crippen MR) is 57.8 cm³/mol. The van der Waals surface area contributed by atoms with Crippen LogP contribution < -0.4 is 5.32 Å². The average molecular weight is 191 g/mol. The van der Waals surface area contributed by atoms with E-state index in [1.165, 1.54) is 12.8 Å². The molecule has 0 aliphatic carbocycles. The Morgan fingerprint density at radius 3 is 3.00 bits per heavy atom. The Labute approximate surface area is 85.5 Å². The molecule has 0 saturated heterocycles. The van der Waals surface area contributed by atoms with Gasteiger partial charge in [0.25, 0.3) is 0 Å². The Hall–Kier alpha value is -1.27. The molecule has 0 aliphatic rings. The summed E-state index contributed by atoms with van der Waals surface area (Å²) in [5.41, 5.74) is 0. The van der Waals surface area contributed by atoms with Crippen LogP contribution in [0.15, 0.2) is 18.7 Å². The van der Waals surface area contributed by atoms with Crippen molar-refractivity contribution in [2.45, 2.75) is 25.8 Å². The number of terminal acetylenes is 1. The van der Waals surface area contributed by atoms with Crippen molar-refractivity contribution >= 4 is 0 Å². The first-order valence-electron chi connectivity index (χ1n) is 5.03. The van der Waals surface area contributed by atoms with Gasteiger partial charge < -0.3 is 9.88 Å². The summed E-state index contributed by atoms with van der Waals surface area (Å²) in [6.45, 7) is 3.04. The molecule has 0 amide bonds. The second-order valence-corrected chi connectivity index (χ2v) is 3.21. The van der Waals surface area contributed by atoms with Gasteiger partial charge in [-0.05, 0) is 19.4 Å². The summed E-state index contributed by atoms with van der Waals surface area (Å²) in [6.07, 6.45) is 14.0. The molecule has 14 heavy (non-hydrogen) atoms. The topological polar surface area (TPSA) is 29.9 Å². The van der Waals surface area contributed by atoms with Gasteiger partial charge in [0.15, 0.2) is 0 Å². The first-order valence-corrected chi connectivity index (χ1v) is 5.03. The Morgan fingerprint density at radius 2 is 2.29 bits per heavy atom. The summed E-state index contributed by atoms with van der Waals surface area (Å²) in [5.74, 6) is 2.61. The highest BCUT2D eigenvalue weighted by molar-refractivity contribution is 4.83. The Balaban J connectivity index is 1.88. The van der Waals surface area contributed by atoms with Crippen LogP contribution >= 0.6 is 0 Å². The molecule has 0 unspecified atom stereocenters. The molecule has 1 aromatic heterocycles. The van der Waals surface area contributed by atoms with E-state index in [4.69, 9.17) is 6.42 Å². The van der Waals surface area contributed by atoms with E-state index in [0.29, 0.717) is 0 Å². The third-order valence-corrected chi connectivity index (χ3v) is 2.03. The molecule has 3 nitrogen and oxygen atoms in total. The van der Waals surface area contributed by atoms with Gasteiger partial charge in [0.1, 0.15) is 0 Å². The SMILES string of the molecule is C#CCCNCCCCn1ccnc1. The van der Waals surface area contributed by atoms with Crippen LogP contribution in [0.2, 0.25) is 0 Å². The van der Waals surface area contributed by atoms with Gasteiger partial charge >= 0.3 is 0 Å². The van der Waals surface area contributed by atoms with E-state index in [2.05, 4.69) is 20.8 Å². The van der Waals surface area contributed by atoms with Crippen molar-refractivity contribution in [3.63, 3.8) is 0 Å². The largest absolute Gasteiger partial charge is 0.337 e. The summed E-state index contributed by atoms with van der Waals surface area (Å²) >= 11 is 0. The quantitative estimate of drug-likeness (QED) is 0.519. The molecular weight excluding hydrogens is 174 g/mol. The Bertz CT molecular complexity index is 259. The molecule has 0 saturated carbocycles. The van der Waals surface area contributed by atoms with Crippen molar-refractivity contribution in [2.75, 3.05) is 13.1 Å². The number of imidazole rings is 1. The zero-order chi connectivity index (χ0) is 10.1. The zero-order valence-electron chi connectivity index (χ0n) is 8.45. The highest BCUT2D eigenvalue weighted by Gasteiger charge is 1.90. The minimum Gasteiger partial charge on any atom is -0.337 e. The molecule has 0 bridgehead atoms. The minimum absolute atomic E-state index is 0.821. The number of rotatable bonds is 7. The fourth-order valence-electron chi connectivity index (χ4n) is 1.25. The van der Waals surface area contributed by atoms with Crippen LogP contribution in [0.3, 0.4) is 0 Å². The number of hydrogen-bond acceptors (Lipinski definition) is 2. The van der Waals surface area contributed by atoms with Crippen molar-refractivity contribution in [3.8, 4) is 12.3 Å². The highest BCUT2D eigenvalue weighted by Crippen LogP contribution is 1.93. The molecule has 0 fully saturated rings. The maximum atomic E-state index is 5.13. The molecule has 1 N–H and O–H groups in total. The zero-order valence-corrected chi connectivity index (χ0v) is 8.45. The van der Waals surface area contributed by atoms with Gasteiger partial charge in [0, 0.05) is 31.9 Å². The molecule has 3 heteroatoms. The fraction of sp³-hybridized carbons (Fsp3) is 0.545. The Kier molecular flexibility index (Phi) is 5.53. The molecule has 0 atom stereocenters. The van der Waals surface area contributed by atoms with Gasteiger partial charge in [-0.1, -0.05) is 0 Å². The smallest absolute Gasteiger partial charge is 0.0945 e. The predicted octanol–water partition coefficient (Wildman–Crippen LogP) is 1.28. The molecular formula is C11H17N3.